The molecule has 2 aliphatic rings. The molecule has 1 heterocycles. The van der Waals surface area contributed by atoms with Crippen LogP contribution in [0, 0.1) is 5.82 Å². The predicted octanol–water partition coefficient (Wildman–Crippen LogP) is 2.06. The van der Waals surface area contributed by atoms with Crippen molar-refractivity contribution in [3.8, 4) is 0 Å². The maximum atomic E-state index is 13.8. The molecule has 2 atom stereocenters. The Labute approximate surface area is 95.2 Å². The molecule has 0 spiro atoms. The van der Waals surface area contributed by atoms with Crippen LogP contribution < -0.4 is 5.73 Å². The van der Waals surface area contributed by atoms with Gasteiger partial charge >= 0.3 is 0 Å². The lowest BCUT2D eigenvalue weighted by molar-refractivity contribution is 0.232. The summed E-state index contributed by atoms with van der Waals surface area (Å²) in [5.41, 5.74) is 6.90. The van der Waals surface area contributed by atoms with E-state index >= 15 is 0 Å². The summed E-state index contributed by atoms with van der Waals surface area (Å²) in [7, 11) is 0. The van der Waals surface area contributed by atoms with Crippen molar-refractivity contribution in [1.29, 1.82) is 0 Å². The molecule has 1 saturated heterocycles. The molecule has 0 bridgehead atoms. The number of benzene rings is 1. The van der Waals surface area contributed by atoms with Gasteiger partial charge in [-0.25, -0.2) is 4.39 Å². The Morgan fingerprint density at radius 1 is 1.19 bits per heavy atom. The van der Waals surface area contributed by atoms with Crippen molar-refractivity contribution in [1.82, 2.24) is 4.90 Å². The Balaban J connectivity index is 1.93. The van der Waals surface area contributed by atoms with Gasteiger partial charge in [0.05, 0.1) is 6.04 Å². The van der Waals surface area contributed by atoms with E-state index in [4.69, 9.17) is 5.73 Å². The molecule has 86 valence electrons. The molecular weight excluding hydrogens is 203 g/mol. The Bertz CT molecular complexity index is 389. The third-order valence-electron chi connectivity index (χ3n) is 3.72. The number of halogens is 1. The first-order chi connectivity index (χ1) is 7.77. The molecule has 2 nitrogen and oxygen atoms in total. The van der Waals surface area contributed by atoms with E-state index in [2.05, 4.69) is 4.90 Å². The molecule has 1 aromatic rings. The second-order valence-electron chi connectivity index (χ2n) is 4.89. The largest absolute Gasteiger partial charge is 0.326 e. The van der Waals surface area contributed by atoms with E-state index in [1.807, 2.05) is 12.1 Å². The summed E-state index contributed by atoms with van der Waals surface area (Å²) in [5.74, 6) is -0.115. The first-order valence-corrected chi connectivity index (χ1v) is 6.03. The minimum absolute atomic E-state index is 0.0810. The molecule has 2 unspecified atom stereocenters. The predicted molar refractivity (Wildman–Crippen MR) is 61.5 cm³/mol. The highest BCUT2D eigenvalue weighted by Crippen LogP contribution is 2.40. The summed E-state index contributed by atoms with van der Waals surface area (Å²) in [6.45, 7) is 1.02. The quantitative estimate of drug-likeness (QED) is 0.826. The van der Waals surface area contributed by atoms with Gasteiger partial charge in [0, 0.05) is 24.2 Å². The van der Waals surface area contributed by atoms with E-state index in [0.717, 1.165) is 18.5 Å². The fourth-order valence-electron chi connectivity index (χ4n) is 2.78. The number of likely N-dealkylation sites (tertiary alicyclic amines) is 1. The number of nitrogens with two attached hydrogens (primary N) is 1. The third-order valence-corrected chi connectivity index (χ3v) is 3.72. The SMILES string of the molecule is NC1CCN(C2CC2)C1c1ccccc1F. The Morgan fingerprint density at radius 3 is 2.62 bits per heavy atom. The van der Waals surface area contributed by atoms with Crippen LogP contribution in [0.15, 0.2) is 24.3 Å². The second kappa shape index (κ2) is 3.82. The van der Waals surface area contributed by atoms with Gasteiger partial charge in [-0.3, -0.25) is 4.90 Å². The van der Waals surface area contributed by atoms with E-state index in [-0.39, 0.29) is 17.9 Å². The van der Waals surface area contributed by atoms with Crippen LogP contribution in [0.2, 0.25) is 0 Å². The fraction of sp³-hybridized carbons (Fsp3) is 0.538. The minimum atomic E-state index is -0.115. The maximum absolute atomic E-state index is 13.8. The summed E-state index contributed by atoms with van der Waals surface area (Å²) in [5, 5.41) is 0. The van der Waals surface area contributed by atoms with E-state index in [0.29, 0.717) is 6.04 Å². The van der Waals surface area contributed by atoms with Crippen molar-refractivity contribution in [3.05, 3.63) is 35.6 Å². The average Bonchev–Trinajstić information content (AvgIpc) is 3.04. The molecule has 0 radical (unpaired) electrons. The van der Waals surface area contributed by atoms with Crippen LogP contribution in [0.1, 0.15) is 30.9 Å². The molecule has 1 aromatic carbocycles. The first-order valence-electron chi connectivity index (χ1n) is 6.03. The number of rotatable bonds is 2. The van der Waals surface area contributed by atoms with Crippen molar-refractivity contribution in [2.24, 2.45) is 5.73 Å². The second-order valence-corrected chi connectivity index (χ2v) is 4.89. The average molecular weight is 220 g/mol. The summed E-state index contributed by atoms with van der Waals surface area (Å²) in [6.07, 6.45) is 3.48. The number of hydrogen-bond acceptors (Lipinski definition) is 2. The molecule has 3 heteroatoms. The van der Waals surface area contributed by atoms with E-state index < -0.39 is 0 Å². The zero-order valence-corrected chi connectivity index (χ0v) is 9.27. The topological polar surface area (TPSA) is 29.3 Å². The molecule has 0 amide bonds. The van der Waals surface area contributed by atoms with Crippen molar-refractivity contribution in [2.75, 3.05) is 6.54 Å². The minimum Gasteiger partial charge on any atom is -0.326 e. The van der Waals surface area contributed by atoms with Crippen LogP contribution in [0.4, 0.5) is 4.39 Å². The molecule has 2 fully saturated rings. The van der Waals surface area contributed by atoms with Crippen LogP contribution in [0.3, 0.4) is 0 Å². The fourth-order valence-corrected chi connectivity index (χ4v) is 2.78. The van der Waals surface area contributed by atoms with Crippen LogP contribution in [-0.2, 0) is 0 Å². The Hall–Kier alpha value is -0.930. The normalized spacial score (nSPS) is 30.9. The van der Waals surface area contributed by atoms with Crippen molar-refractivity contribution in [2.45, 2.75) is 37.4 Å². The van der Waals surface area contributed by atoms with Gasteiger partial charge in [0.15, 0.2) is 0 Å². The van der Waals surface area contributed by atoms with Gasteiger partial charge in [0.2, 0.25) is 0 Å². The first kappa shape index (κ1) is 10.2. The molecule has 1 aliphatic heterocycles. The summed E-state index contributed by atoms with van der Waals surface area (Å²) in [4.78, 5) is 2.39. The zero-order valence-electron chi connectivity index (χ0n) is 9.27. The van der Waals surface area contributed by atoms with Crippen molar-refractivity contribution in [3.63, 3.8) is 0 Å². The summed E-state index contributed by atoms with van der Waals surface area (Å²) < 4.78 is 13.8. The van der Waals surface area contributed by atoms with Gasteiger partial charge in [-0.2, -0.15) is 0 Å². The standard InChI is InChI=1S/C13H17FN2/c14-11-4-2-1-3-10(11)13-12(15)7-8-16(13)9-5-6-9/h1-4,9,12-13H,5-8,15H2. The summed E-state index contributed by atoms with van der Waals surface area (Å²) in [6, 6.07) is 7.87. The Kier molecular flexibility index (Phi) is 2.45. The van der Waals surface area contributed by atoms with Crippen LogP contribution in [0.5, 0.6) is 0 Å². The monoisotopic (exact) mass is 220 g/mol. The lowest BCUT2D eigenvalue weighted by atomic mass is 10.00. The molecule has 1 aliphatic carbocycles. The molecule has 1 saturated carbocycles. The van der Waals surface area contributed by atoms with Gasteiger partial charge in [0.1, 0.15) is 5.82 Å². The highest BCUT2D eigenvalue weighted by Gasteiger charge is 2.42. The van der Waals surface area contributed by atoms with Crippen LogP contribution >= 0.6 is 0 Å². The van der Waals surface area contributed by atoms with Crippen LogP contribution in [-0.4, -0.2) is 23.5 Å². The van der Waals surface area contributed by atoms with E-state index in [9.17, 15) is 4.39 Å². The Morgan fingerprint density at radius 2 is 1.94 bits per heavy atom. The van der Waals surface area contributed by atoms with Gasteiger partial charge in [0.25, 0.3) is 0 Å². The van der Waals surface area contributed by atoms with Gasteiger partial charge in [-0.15, -0.1) is 0 Å². The van der Waals surface area contributed by atoms with Crippen molar-refractivity contribution >= 4 is 0 Å². The van der Waals surface area contributed by atoms with Gasteiger partial charge < -0.3 is 5.73 Å². The molecule has 3 rings (SSSR count). The lowest BCUT2D eigenvalue weighted by Gasteiger charge is -2.27. The number of hydrogen-bond donors (Lipinski definition) is 1. The maximum Gasteiger partial charge on any atom is 0.128 e. The zero-order chi connectivity index (χ0) is 11.1. The highest BCUT2D eigenvalue weighted by atomic mass is 19.1. The smallest absolute Gasteiger partial charge is 0.128 e. The number of nitrogens with zero attached hydrogens (tertiary/aromatic N) is 1. The van der Waals surface area contributed by atoms with Crippen molar-refractivity contribution < 1.29 is 4.39 Å². The van der Waals surface area contributed by atoms with Crippen LogP contribution in [0.25, 0.3) is 0 Å². The third kappa shape index (κ3) is 1.64. The van der Waals surface area contributed by atoms with Gasteiger partial charge in [-0.05, 0) is 25.3 Å². The molecule has 0 aromatic heterocycles. The summed E-state index contributed by atoms with van der Waals surface area (Å²) >= 11 is 0. The van der Waals surface area contributed by atoms with Gasteiger partial charge in [-0.1, -0.05) is 18.2 Å². The van der Waals surface area contributed by atoms with E-state index in [1.54, 1.807) is 6.07 Å². The van der Waals surface area contributed by atoms with E-state index in [1.165, 1.54) is 18.9 Å². The molecule has 2 N–H and O–H groups in total. The molecule has 16 heavy (non-hydrogen) atoms. The highest BCUT2D eigenvalue weighted by molar-refractivity contribution is 5.25. The molecular formula is C13H17FN2. The lowest BCUT2D eigenvalue weighted by Crippen LogP contribution is -2.33.